The molecule has 0 radical (unpaired) electrons. The number of nitrogens with one attached hydrogen (secondary N) is 1. The van der Waals surface area contributed by atoms with Crippen molar-refractivity contribution in [2.24, 2.45) is 5.92 Å². The molecule has 0 atom stereocenters. The Morgan fingerprint density at radius 1 is 1.39 bits per heavy atom. The molecule has 18 heavy (non-hydrogen) atoms. The molecule has 0 unspecified atom stereocenters. The van der Waals surface area contributed by atoms with E-state index in [0.29, 0.717) is 18.1 Å². The number of esters is 1. The first kappa shape index (κ1) is 14.6. The highest BCUT2D eigenvalue weighted by atomic mass is 16.5. The molecule has 0 heterocycles. The quantitative estimate of drug-likeness (QED) is 0.591. The fourth-order valence-electron chi connectivity index (χ4n) is 1.47. The maximum absolute atomic E-state index is 11.8. The number of carbonyl (C=O) groups excluding carboxylic acids is 1. The van der Waals surface area contributed by atoms with Gasteiger partial charge in [0.05, 0.1) is 12.2 Å². The van der Waals surface area contributed by atoms with E-state index < -0.39 is 0 Å². The van der Waals surface area contributed by atoms with Crippen LogP contribution in [0.2, 0.25) is 0 Å². The van der Waals surface area contributed by atoms with Crippen LogP contribution in [-0.2, 0) is 4.74 Å². The van der Waals surface area contributed by atoms with Gasteiger partial charge in [-0.25, -0.2) is 4.79 Å². The topological polar surface area (TPSA) is 38.3 Å². The van der Waals surface area contributed by atoms with Gasteiger partial charge in [-0.15, -0.1) is 0 Å². The Labute approximate surface area is 110 Å². The van der Waals surface area contributed by atoms with Gasteiger partial charge in [-0.2, -0.15) is 0 Å². The van der Waals surface area contributed by atoms with Crippen molar-refractivity contribution in [2.45, 2.75) is 33.6 Å². The zero-order chi connectivity index (χ0) is 13.4. The van der Waals surface area contributed by atoms with Crippen LogP contribution < -0.4 is 5.32 Å². The van der Waals surface area contributed by atoms with Crippen molar-refractivity contribution in [3.05, 3.63) is 29.8 Å². The van der Waals surface area contributed by atoms with Gasteiger partial charge >= 0.3 is 5.97 Å². The van der Waals surface area contributed by atoms with E-state index in [4.69, 9.17) is 4.74 Å². The highest BCUT2D eigenvalue weighted by molar-refractivity contribution is 5.90. The number of unbranched alkanes of at least 4 members (excludes halogenated alkanes) is 1. The van der Waals surface area contributed by atoms with Crippen LogP contribution in [0.5, 0.6) is 0 Å². The second kappa shape index (κ2) is 7.75. The molecule has 0 saturated carbocycles. The standard InChI is InChI=1S/C15H23NO2/c1-4-5-9-18-15(17)13-7-6-8-14(10-13)16-11-12(2)3/h6-8,10,12,16H,4-5,9,11H2,1-3H3. The van der Waals surface area contributed by atoms with Gasteiger partial charge in [0.2, 0.25) is 0 Å². The molecule has 0 amide bonds. The lowest BCUT2D eigenvalue weighted by Crippen LogP contribution is -2.10. The van der Waals surface area contributed by atoms with Crippen LogP contribution >= 0.6 is 0 Å². The van der Waals surface area contributed by atoms with Crippen LogP contribution in [0, 0.1) is 5.92 Å². The van der Waals surface area contributed by atoms with Crippen molar-refractivity contribution in [3.8, 4) is 0 Å². The minimum atomic E-state index is -0.239. The maximum Gasteiger partial charge on any atom is 0.338 e. The summed E-state index contributed by atoms with van der Waals surface area (Å²) in [6.45, 7) is 7.77. The Hall–Kier alpha value is -1.51. The number of carbonyl (C=O) groups is 1. The minimum absolute atomic E-state index is 0.239. The lowest BCUT2D eigenvalue weighted by atomic mass is 10.2. The lowest BCUT2D eigenvalue weighted by molar-refractivity contribution is 0.0500. The summed E-state index contributed by atoms with van der Waals surface area (Å²) < 4.78 is 5.18. The second-order valence-corrected chi connectivity index (χ2v) is 4.85. The average molecular weight is 249 g/mol. The third-order valence-electron chi connectivity index (χ3n) is 2.54. The summed E-state index contributed by atoms with van der Waals surface area (Å²) in [5, 5.41) is 3.30. The summed E-state index contributed by atoms with van der Waals surface area (Å²) in [7, 11) is 0. The van der Waals surface area contributed by atoms with Gasteiger partial charge in [-0.05, 0) is 30.5 Å². The first-order valence-electron chi connectivity index (χ1n) is 6.64. The Bertz CT molecular complexity index is 375. The van der Waals surface area contributed by atoms with E-state index >= 15 is 0 Å². The number of benzene rings is 1. The summed E-state index contributed by atoms with van der Waals surface area (Å²) in [5.41, 5.74) is 1.58. The predicted octanol–water partition coefficient (Wildman–Crippen LogP) is 3.71. The van der Waals surface area contributed by atoms with E-state index in [2.05, 4.69) is 26.1 Å². The van der Waals surface area contributed by atoms with Crippen molar-refractivity contribution >= 4 is 11.7 Å². The smallest absolute Gasteiger partial charge is 0.338 e. The summed E-state index contributed by atoms with van der Waals surface area (Å²) in [5.74, 6) is 0.335. The minimum Gasteiger partial charge on any atom is -0.462 e. The van der Waals surface area contributed by atoms with Gasteiger partial charge in [0.25, 0.3) is 0 Å². The molecule has 0 bridgehead atoms. The van der Waals surface area contributed by atoms with E-state index in [0.717, 1.165) is 25.1 Å². The molecule has 0 saturated heterocycles. The second-order valence-electron chi connectivity index (χ2n) is 4.85. The van der Waals surface area contributed by atoms with Crippen molar-refractivity contribution in [2.75, 3.05) is 18.5 Å². The number of ether oxygens (including phenoxy) is 1. The van der Waals surface area contributed by atoms with E-state index in [-0.39, 0.29) is 5.97 Å². The van der Waals surface area contributed by atoms with Gasteiger partial charge in [-0.1, -0.05) is 33.3 Å². The van der Waals surface area contributed by atoms with E-state index in [1.807, 2.05) is 18.2 Å². The van der Waals surface area contributed by atoms with Crippen LogP contribution in [0.1, 0.15) is 44.0 Å². The summed E-state index contributed by atoms with van der Waals surface area (Å²) in [6, 6.07) is 7.47. The van der Waals surface area contributed by atoms with Crippen molar-refractivity contribution < 1.29 is 9.53 Å². The van der Waals surface area contributed by atoms with E-state index in [1.165, 1.54) is 0 Å². The number of rotatable bonds is 7. The van der Waals surface area contributed by atoms with Crippen LogP contribution in [0.3, 0.4) is 0 Å². The Kier molecular flexibility index (Phi) is 6.26. The number of hydrogen-bond donors (Lipinski definition) is 1. The first-order valence-corrected chi connectivity index (χ1v) is 6.64. The highest BCUT2D eigenvalue weighted by Crippen LogP contribution is 2.12. The average Bonchev–Trinajstić information content (AvgIpc) is 2.37. The summed E-state index contributed by atoms with van der Waals surface area (Å²) in [4.78, 5) is 11.8. The Morgan fingerprint density at radius 3 is 2.83 bits per heavy atom. The molecule has 1 N–H and O–H groups in total. The van der Waals surface area contributed by atoms with Gasteiger partial charge in [0.1, 0.15) is 0 Å². The zero-order valence-electron chi connectivity index (χ0n) is 11.5. The molecule has 3 nitrogen and oxygen atoms in total. The molecule has 1 aromatic rings. The molecule has 100 valence electrons. The van der Waals surface area contributed by atoms with Gasteiger partial charge < -0.3 is 10.1 Å². The van der Waals surface area contributed by atoms with Crippen LogP contribution in [0.15, 0.2) is 24.3 Å². The monoisotopic (exact) mass is 249 g/mol. The predicted molar refractivity (Wildman–Crippen MR) is 75.0 cm³/mol. The van der Waals surface area contributed by atoms with Crippen molar-refractivity contribution in [1.29, 1.82) is 0 Å². The van der Waals surface area contributed by atoms with Crippen LogP contribution in [0.4, 0.5) is 5.69 Å². The Morgan fingerprint density at radius 2 is 2.17 bits per heavy atom. The number of hydrogen-bond acceptors (Lipinski definition) is 3. The molecule has 0 fully saturated rings. The van der Waals surface area contributed by atoms with Crippen LogP contribution in [-0.4, -0.2) is 19.1 Å². The molecule has 0 aliphatic rings. The molecule has 0 aromatic heterocycles. The van der Waals surface area contributed by atoms with Crippen molar-refractivity contribution in [1.82, 2.24) is 0 Å². The molecular formula is C15H23NO2. The van der Waals surface area contributed by atoms with Gasteiger partial charge in [-0.3, -0.25) is 0 Å². The summed E-state index contributed by atoms with van der Waals surface area (Å²) >= 11 is 0. The number of anilines is 1. The molecule has 0 aliphatic carbocycles. The Balaban J connectivity index is 2.55. The molecule has 0 aliphatic heterocycles. The molecular weight excluding hydrogens is 226 g/mol. The zero-order valence-corrected chi connectivity index (χ0v) is 11.5. The molecule has 0 spiro atoms. The lowest BCUT2D eigenvalue weighted by Gasteiger charge is -2.10. The summed E-state index contributed by atoms with van der Waals surface area (Å²) in [6.07, 6.45) is 1.94. The van der Waals surface area contributed by atoms with Gasteiger partial charge in [0.15, 0.2) is 0 Å². The fourth-order valence-corrected chi connectivity index (χ4v) is 1.47. The van der Waals surface area contributed by atoms with Crippen LogP contribution in [0.25, 0.3) is 0 Å². The van der Waals surface area contributed by atoms with E-state index in [9.17, 15) is 4.79 Å². The first-order chi connectivity index (χ1) is 8.63. The molecule has 3 heteroatoms. The normalized spacial score (nSPS) is 10.4. The third-order valence-corrected chi connectivity index (χ3v) is 2.54. The SMILES string of the molecule is CCCCOC(=O)c1cccc(NCC(C)C)c1. The van der Waals surface area contributed by atoms with Gasteiger partial charge in [0, 0.05) is 12.2 Å². The fraction of sp³-hybridized carbons (Fsp3) is 0.533. The molecule has 1 aromatic carbocycles. The molecule has 1 rings (SSSR count). The van der Waals surface area contributed by atoms with Crippen molar-refractivity contribution in [3.63, 3.8) is 0 Å². The maximum atomic E-state index is 11.8. The van der Waals surface area contributed by atoms with E-state index in [1.54, 1.807) is 6.07 Å². The largest absolute Gasteiger partial charge is 0.462 e. The highest BCUT2D eigenvalue weighted by Gasteiger charge is 2.07. The third kappa shape index (κ3) is 5.21.